The van der Waals surface area contributed by atoms with Crippen LogP contribution >= 0.6 is 11.6 Å². The Morgan fingerprint density at radius 3 is 2.75 bits per heavy atom. The van der Waals surface area contributed by atoms with Crippen molar-refractivity contribution >= 4 is 28.3 Å². The second-order valence-electron chi connectivity index (χ2n) is 4.59. The number of aromatic nitrogens is 2. The average Bonchev–Trinajstić information content (AvgIpc) is 2.76. The topological polar surface area (TPSA) is 64.1 Å². The first-order valence-corrected chi connectivity index (χ1v) is 6.72. The van der Waals surface area contributed by atoms with Gasteiger partial charge in [-0.3, -0.25) is 0 Å². The minimum atomic E-state index is 0.126. The molecule has 102 valence electrons. The van der Waals surface area contributed by atoms with Crippen LogP contribution in [0, 0.1) is 0 Å². The van der Waals surface area contributed by atoms with Gasteiger partial charge < -0.3 is 15.4 Å². The Bertz CT molecular complexity index is 795. The van der Waals surface area contributed by atoms with E-state index in [1.807, 2.05) is 29.7 Å². The standard InChI is InChI=1S/C15H14ClN3O/c1-2-19-13-7-9(16)3-6-12(13)18-15(19)11-5-4-10(17)8-14(11)20/h3-8,20H,2,17H2,1H3. The Morgan fingerprint density at radius 1 is 1.25 bits per heavy atom. The van der Waals surface area contributed by atoms with E-state index in [0.29, 0.717) is 22.1 Å². The maximum Gasteiger partial charge on any atom is 0.144 e. The molecule has 3 rings (SSSR count). The number of aryl methyl sites for hydroxylation is 1. The minimum absolute atomic E-state index is 0.126. The highest BCUT2D eigenvalue weighted by Crippen LogP contribution is 2.33. The van der Waals surface area contributed by atoms with Crippen LogP contribution in [0.1, 0.15) is 6.92 Å². The zero-order valence-electron chi connectivity index (χ0n) is 11.0. The monoisotopic (exact) mass is 287 g/mol. The lowest BCUT2D eigenvalue weighted by molar-refractivity contribution is 0.477. The lowest BCUT2D eigenvalue weighted by atomic mass is 10.1. The third-order valence-corrected chi connectivity index (χ3v) is 3.52. The van der Waals surface area contributed by atoms with Gasteiger partial charge in [-0.15, -0.1) is 0 Å². The number of benzene rings is 2. The Hall–Kier alpha value is -2.20. The van der Waals surface area contributed by atoms with Crippen molar-refractivity contribution in [2.75, 3.05) is 5.73 Å². The van der Waals surface area contributed by atoms with Crippen LogP contribution in [0.15, 0.2) is 36.4 Å². The molecule has 0 amide bonds. The number of phenols is 1. The molecule has 4 nitrogen and oxygen atoms in total. The van der Waals surface area contributed by atoms with Crippen LogP contribution in [0.25, 0.3) is 22.4 Å². The van der Waals surface area contributed by atoms with Gasteiger partial charge >= 0.3 is 0 Å². The molecule has 0 spiro atoms. The predicted octanol–water partition coefficient (Wildman–Crippen LogP) is 3.66. The van der Waals surface area contributed by atoms with Crippen LogP contribution in [-0.2, 0) is 6.54 Å². The number of hydrogen-bond acceptors (Lipinski definition) is 3. The van der Waals surface area contributed by atoms with Gasteiger partial charge in [0.25, 0.3) is 0 Å². The van der Waals surface area contributed by atoms with Crippen LogP contribution in [0.5, 0.6) is 5.75 Å². The number of nitrogens with zero attached hydrogens (tertiary/aromatic N) is 2. The van der Waals surface area contributed by atoms with Crippen molar-refractivity contribution in [1.82, 2.24) is 9.55 Å². The molecule has 0 saturated heterocycles. The van der Waals surface area contributed by atoms with Crippen molar-refractivity contribution in [3.05, 3.63) is 41.4 Å². The molecule has 0 aliphatic heterocycles. The number of aromatic hydroxyl groups is 1. The summed E-state index contributed by atoms with van der Waals surface area (Å²) in [6.45, 7) is 2.76. The molecule has 20 heavy (non-hydrogen) atoms. The molecule has 0 fully saturated rings. The fraction of sp³-hybridized carbons (Fsp3) is 0.133. The number of imidazole rings is 1. The quantitative estimate of drug-likeness (QED) is 0.707. The first-order valence-electron chi connectivity index (χ1n) is 6.35. The molecular formula is C15H14ClN3O. The summed E-state index contributed by atoms with van der Waals surface area (Å²) in [5.41, 5.74) is 8.65. The highest BCUT2D eigenvalue weighted by Gasteiger charge is 2.15. The molecule has 0 radical (unpaired) electrons. The third kappa shape index (κ3) is 1.98. The van der Waals surface area contributed by atoms with Crippen LogP contribution in [-0.4, -0.2) is 14.7 Å². The van der Waals surface area contributed by atoms with Gasteiger partial charge in [0.05, 0.1) is 16.6 Å². The summed E-state index contributed by atoms with van der Waals surface area (Å²) in [7, 11) is 0. The van der Waals surface area contributed by atoms with E-state index in [4.69, 9.17) is 17.3 Å². The van der Waals surface area contributed by atoms with Crippen molar-refractivity contribution in [1.29, 1.82) is 0 Å². The summed E-state index contributed by atoms with van der Waals surface area (Å²) in [5.74, 6) is 0.836. The van der Waals surface area contributed by atoms with Crippen LogP contribution < -0.4 is 5.73 Å². The van der Waals surface area contributed by atoms with Gasteiger partial charge in [0.15, 0.2) is 0 Å². The SMILES string of the molecule is CCn1c(-c2ccc(N)cc2O)nc2ccc(Cl)cc21. The molecule has 0 saturated carbocycles. The molecule has 3 N–H and O–H groups in total. The molecule has 0 aliphatic rings. The van der Waals surface area contributed by atoms with E-state index < -0.39 is 0 Å². The molecule has 1 aromatic heterocycles. The number of hydrogen-bond donors (Lipinski definition) is 2. The highest BCUT2D eigenvalue weighted by molar-refractivity contribution is 6.31. The van der Waals surface area contributed by atoms with Crippen LogP contribution in [0.2, 0.25) is 5.02 Å². The molecule has 1 heterocycles. The number of halogens is 1. The van der Waals surface area contributed by atoms with E-state index >= 15 is 0 Å². The molecule has 0 aliphatic carbocycles. The molecule has 0 bridgehead atoms. The molecule has 2 aromatic carbocycles. The third-order valence-electron chi connectivity index (χ3n) is 3.29. The van der Waals surface area contributed by atoms with Gasteiger partial charge in [-0.2, -0.15) is 0 Å². The molecule has 0 unspecified atom stereocenters. The largest absolute Gasteiger partial charge is 0.507 e. The van der Waals surface area contributed by atoms with E-state index in [0.717, 1.165) is 17.6 Å². The maximum atomic E-state index is 10.1. The number of nitrogens with two attached hydrogens (primary N) is 1. The first-order chi connectivity index (χ1) is 9.60. The van der Waals surface area contributed by atoms with E-state index in [9.17, 15) is 5.11 Å². The maximum absolute atomic E-state index is 10.1. The summed E-state index contributed by atoms with van der Waals surface area (Å²) in [4.78, 5) is 4.59. The Morgan fingerprint density at radius 2 is 2.05 bits per heavy atom. The van der Waals surface area contributed by atoms with Crippen LogP contribution in [0.4, 0.5) is 5.69 Å². The number of anilines is 1. The highest BCUT2D eigenvalue weighted by atomic mass is 35.5. The summed E-state index contributed by atoms with van der Waals surface area (Å²) < 4.78 is 2.02. The van der Waals surface area contributed by atoms with Crippen molar-refractivity contribution in [3.63, 3.8) is 0 Å². The van der Waals surface area contributed by atoms with Gasteiger partial charge in [-0.25, -0.2) is 4.98 Å². The van der Waals surface area contributed by atoms with Crippen molar-refractivity contribution in [2.45, 2.75) is 13.5 Å². The van der Waals surface area contributed by atoms with E-state index in [1.165, 1.54) is 6.07 Å². The minimum Gasteiger partial charge on any atom is -0.507 e. The van der Waals surface area contributed by atoms with Crippen molar-refractivity contribution < 1.29 is 5.11 Å². The zero-order valence-corrected chi connectivity index (χ0v) is 11.7. The molecular weight excluding hydrogens is 274 g/mol. The Balaban J connectivity index is 2.30. The fourth-order valence-corrected chi connectivity index (χ4v) is 2.53. The summed E-state index contributed by atoms with van der Waals surface area (Å²) in [6, 6.07) is 10.6. The second kappa shape index (κ2) is 4.72. The van der Waals surface area contributed by atoms with Gasteiger partial charge in [0.2, 0.25) is 0 Å². The lowest BCUT2D eigenvalue weighted by Crippen LogP contribution is -1.98. The Labute approximate surface area is 121 Å². The molecule has 3 aromatic rings. The van der Waals surface area contributed by atoms with E-state index in [2.05, 4.69) is 4.98 Å². The second-order valence-corrected chi connectivity index (χ2v) is 5.03. The van der Waals surface area contributed by atoms with E-state index in [1.54, 1.807) is 12.1 Å². The average molecular weight is 288 g/mol. The van der Waals surface area contributed by atoms with Gasteiger partial charge in [-0.05, 0) is 37.3 Å². The Kier molecular flexibility index (Phi) is 3.03. The number of fused-ring (bicyclic) bond motifs is 1. The van der Waals surface area contributed by atoms with Gasteiger partial charge in [-0.1, -0.05) is 11.6 Å². The smallest absolute Gasteiger partial charge is 0.144 e. The molecule has 0 atom stereocenters. The van der Waals surface area contributed by atoms with Crippen molar-refractivity contribution in [2.24, 2.45) is 0 Å². The van der Waals surface area contributed by atoms with Crippen molar-refractivity contribution in [3.8, 4) is 17.1 Å². The number of rotatable bonds is 2. The summed E-state index contributed by atoms with van der Waals surface area (Å²) >= 11 is 6.05. The predicted molar refractivity (Wildman–Crippen MR) is 81.9 cm³/mol. The normalized spacial score (nSPS) is 11.1. The van der Waals surface area contributed by atoms with E-state index in [-0.39, 0.29) is 5.75 Å². The number of phenolic OH excluding ortho intramolecular Hbond substituents is 1. The zero-order chi connectivity index (χ0) is 14.3. The van der Waals surface area contributed by atoms with Gasteiger partial charge in [0.1, 0.15) is 11.6 Å². The molecule has 5 heteroatoms. The van der Waals surface area contributed by atoms with Gasteiger partial charge in [0, 0.05) is 23.3 Å². The first kappa shape index (κ1) is 12.8. The summed E-state index contributed by atoms with van der Waals surface area (Å²) in [6.07, 6.45) is 0. The number of nitrogen functional groups attached to an aromatic ring is 1. The summed E-state index contributed by atoms with van der Waals surface area (Å²) in [5, 5.41) is 10.8. The fourth-order valence-electron chi connectivity index (χ4n) is 2.36. The lowest BCUT2D eigenvalue weighted by Gasteiger charge is -2.08. The van der Waals surface area contributed by atoms with Crippen LogP contribution in [0.3, 0.4) is 0 Å².